The maximum Gasteiger partial charge on any atom is 0.0298 e. The molecule has 0 radical (unpaired) electrons. The summed E-state index contributed by atoms with van der Waals surface area (Å²) in [5, 5.41) is 0. The van der Waals surface area contributed by atoms with Crippen molar-refractivity contribution in [1.82, 2.24) is 9.80 Å². The van der Waals surface area contributed by atoms with Crippen LogP contribution in [0.25, 0.3) is 0 Å². The van der Waals surface area contributed by atoms with Crippen molar-refractivity contribution in [3.05, 3.63) is 11.8 Å². The first-order valence-corrected chi connectivity index (χ1v) is 6.13. The second-order valence-electron chi connectivity index (χ2n) is 4.85. The smallest absolute Gasteiger partial charge is 0.0298 e. The van der Waals surface area contributed by atoms with Gasteiger partial charge in [0, 0.05) is 31.4 Å². The minimum Gasteiger partial charge on any atom is -0.375 e. The number of likely N-dealkylation sites (tertiary alicyclic amines) is 1. The summed E-state index contributed by atoms with van der Waals surface area (Å²) in [5.74, 6) is 0. The van der Waals surface area contributed by atoms with Crippen molar-refractivity contribution in [2.45, 2.75) is 38.1 Å². The average Bonchev–Trinajstić information content (AvgIpc) is 2.88. The van der Waals surface area contributed by atoms with Crippen molar-refractivity contribution >= 4 is 0 Å². The van der Waals surface area contributed by atoms with Gasteiger partial charge in [0.1, 0.15) is 0 Å². The topological polar surface area (TPSA) is 6.48 Å². The fourth-order valence-electron chi connectivity index (χ4n) is 3.15. The van der Waals surface area contributed by atoms with E-state index in [9.17, 15) is 0 Å². The molecule has 0 aromatic carbocycles. The van der Waals surface area contributed by atoms with Gasteiger partial charge in [-0.1, -0.05) is 0 Å². The molecule has 0 bridgehead atoms. The van der Waals surface area contributed by atoms with Gasteiger partial charge in [-0.3, -0.25) is 4.90 Å². The second-order valence-corrected chi connectivity index (χ2v) is 4.85. The minimum atomic E-state index is 0.791. The van der Waals surface area contributed by atoms with Crippen LogP contribution in [0.2, 0.25) is 0 Å². The first-order valence-electron chi connectivity index (χ1n) is 6.13. The summed E-state index contributed by atoms with van der Waals surface area (Å²) in [6, 6.07) is 0.791. The SMILES string of the molecule is C1=C(N2CCCC2)CCN2CCCC12. The number of hydrogen-bond donors (Lipinski definition) is 0. The van der Waals surface area contributed by atoms with Gasteiger partial charge >= 0.3 is 0 Å². The fraction of sp³-hybridized carbons (Fsp3) is 0.833. The third-order valence-electron chi connectivity index (χ3n) is 3.97. The van der Waals surface area contributed by atoms with Crippen LogP contribution in [-0.2, 0) is 0 Å². The Labute approximate surface area is 86.6 Å². The zero-order valence-electron chi connectivity index (χ0n) is 8.91. The zero-order chi connectivity index (χ0) is 9.38. The highest BCUT2D eigenvalue weighted by Gasteiger charge is 2.28. The third kappa shape index (κ3) is 1.46. The van der Waals surface area contributed by atoms with Gasteiger partial charge in [0.15, 0.2) is 0 Å². The molecule has 0 amide bonds. The fourth-order valence-corrected chi connectivity index (χ4v) is 3.15. The van der Waals surface area contributed by atoms with Crippen LogP contribution in [0.5, 0.6) is 0 Å². The highest BCUT2D eigenvalue weighted by atomic mass is 15.2. The molecule has 3 heterocycles. The predicted octanol–water partition coefficient (Wildman–Crippen LogP) is 1.83. The Bertz CT molecular complexity index is 241. The summed E-state index contributed by atoms with van der Waals surface area (Å²) >= 11 is 0. The van der Waals surface area contributed by atoms with Crippen molar-refractivity contribution in [2.24, 2.45) is 0 Å². The molecule has 3 aliphatic heterocycles. The van der Waals surface area contributed by atoms with Crippen LogP contribution in [0.1, 0.15) is 32.1 Å². The third-order valence-corrected chi connectivity index (χ3v) is 3.97. The van der Waals surface area contributed by atoms with Crippen molar-refractivity contribution < 1.29 is 0 Å². The Morgan fingerprint density at radius 2 is 1.86 bits per heavy atom. The Morgan fingerprint density at radius 3 is 2.71 bits per heavy atom. The van der Waals surface area contributed by atoms with E-state index in [1.165, 1.54) is 58.3 Å². The molecule has 1 unspecified atom stereocenters. The maximum atomic E-state index is 2.65. The van der Waals surface area contributed by atoms with Crippen LogP contribution in [0.4, 0.5) is 0 Å². The molecular weight excluding hydrogens is 172 g/mol. The van der Waals surface area contributed by atoms with Crippen LogP contribution < -0.4 is 0 Å². The average molecular weight is 192 g/mol. The summed E-state index contributed by atoms with van der Waals surface area (Å²) < 4.78 is 0. The lowest BCUT2D eigenvalue weighted by Gasteiger charge is -2.32. The molecule has 2 nitrogen and oxygen atoms in total. The van der Waals surface area contributed by atoms with Gasteiger partial charge in [-0.2, -0.15) is 0 Å². The summed E-state index contributed by atoms with van der Waals surface area (Å²) in [6.45, 7) is 5.29. The summed E-state index contributed by atoms with van der Waals surface area (Å²) in [6.07, 6.45) is 9.49. The molecular formula is C12H20N2. The van der Waals surface area contributed by atoms with Crippen molar-refractivity contribution in [3.63, 3.8) is 0 Å². The molecule has 0 spiro atoms. The first kappa shape index (κ1) is 8.78. The van der Waals surface area contributed by atoms with Gasteiger partial charge in [-0.25, -0.2) is 0 Å². The van der Waals surface area contributed by atoms with Crippen LogP contribution in [0, 0.1) is 0 Å². The van der Waals surface area contributed by atoms with Crippen LogP contribution in [-0.4, -0.2) is 42.0 Å². The lowest BCUT2D eigenvalue weighted by molar-refractivity contribution is 0.253. The van der Waals surface area contributed by atoms with Gasteiger partial charge in [0.25, 0.3) is 0 Å². The van der Waals surface area contributed by atoms with Gasteiger partial charge in [-0.05, 0) is 44.7 Å². The Kier molecular flexibility index (Phi) is 2.24. The molecule has 0 aromatic heterocycles. The van der Waals surface area contributed by atoms with E-state index in [4.69, 9.17) is 0 Å². The quantitative estimate of drug-likeness (QED) is 0.625. The molecule has 78 valence electrons. The van der Waals surface area contributed by atoms with E-state index in [1.807, 2.05) is 0 Å². The van der Waals surface area contributed by atoms with E-state index in [0.29, 0.717) is 0 Å². The number of fused-ring (bicyclic) bond motifs is 1. The molecule has 0 aliphatic carbocycles. The van der Waals surface area contributed by atoms with Gasteiger partial charge in [0.05, 0.1) is 0 Å². The molecule has 0 aromatic rings. The molecule has 14 heavy (non-hydrogen) atoms. The highest BCUT2D eigenvalue weighted by Crippen LogP contribution is 2.28. The summed E-state index contributed by atoms with van der Waals surface area (Å²) in [7, 11) is 0. The van der Waals surface area contributed by atoms with E-state index < -0.39 is 0 Å². The number of hydrogen-bond acceptors (Lipinski definition) is 2. The van der Waals surface area contributed by atoms with E-state index in [1.54, 1.807) is 5.70 Å². The first-order chi connectivity index (χ1) is 6.93. The van der Waals surface area contributed by atoms with Crippen LogP contribution in [0.15, 0.2) is 11.8 Å². The second kappa shape index (κ2) is 3.58. The van der Waals surface area contributed by atoms with Crippen LogP contribution in [0.3, 0.4) is 0 Å². The molecule has 2 saturated heterocycles. The Morgan fingerprint density at radius 1 is 1.00 bits per heavy atom. The van der Waals surface area contributed by atoms with E-state index in [-0.39, 0.29) is 0 Å². The molecule has 0 saturated carbocycles. The summed E-state index contributed by atoms with van der Waals surface area (Å²) in [4.78, 5) is 5.27. The number of rotatable bonds is 1. The van der Waals surface area contributed by atoms with Gasteiger partial charge < -0.3 is 4.90 Å². The molecule has 2 heteroatoms. The van der Waals surface area contributed by atoms with Crippen molar-refractivity contribution in [3.8, 4) is 0 Å². The van der Waals surface area contributed by atoms with Crippen molar-refractivity contribution in [2.75, 3.05) is 26.2 Å². The molecule has 2 fully saturated rings. The Hall–Kier alpha value is -0.500. The van der Waals surface area contributed by atoms with Crippen molar-refractivity contribution in [1.29, 1.82) is 0 Å². The highest BCUT2D eigenvalue weighted by molar-refractivity contribution is 5.13. The van der Waals surface area contributed by atoms with E-state index in [0.717, 1.165) is 6.04 Å². The predicted molar refractivity (Wildman–Crippen MR) is 58.1 cm³/mol. The number of nitrogens with zero attached hydrogens (tertiary/aromatic N) is 2. The molecule has 0 N–H and O–H groups in total. The Balaban J connectivity index is 1.73. The molecule has 3 rings (SSSR count). The standard InChI is InChI=1S/C12H20N2/c1-2-7-13(6-1)12-5-9-14-8-3-4-11(14)10-12/h10-11H,1-9H2. The van der Waals surface area contributed by atoms with E-state index >= 15 is 0 Å². The van der Waals surface area contributed by atoms with Gasteiger partial charge in [0.2, 0.25) is 0 Å². The largest absolute Gasteiger partial charge is 0.375 e. The minimum absolute atomic E-state index is 0.791. The maximum absolute atomic E-state index is 2.65. The molecule has 1 atom stereocenters. The lowest BCUT2D eigenvalue weighted by atomic mass is 10.1. The van der Waals surface area contributed by atoms with E-state index in [2.05, 4.69) is 15.9 Å². The normalized spacial score (nSPS) is 33.3. The van der Waals surface area contributed by atoms with Crippen LogP contribution >= 0.6 is 0 Å². The lowest BCUT2D eigenvalue weighted by Crippen LogP contribution is -2.36. The molecule has 3 aliphatic rings. The zero-order valence-corrected chi connectivity index (χ0v) is 8.91. The monoisotopic (exact) mass is 192 g/mol. The summed E-state index contributed by atoms with van der Waals surface area (Å²) in [5.41, 5.74) is 1.66. The van der Waals surface area contributed by atoms with Gasteiger partial charge in [-0.15, -0.1) is 0 Å².